The Hall–Kier alpha value is -3.32. The van der Waals surface area contributed by atoms with Crippen molar-refractivity contribution in [2.24, 2.45) is 14.1 Å². The van der Waals surface area contributed by atoms with Gasteiger partial charge in [-0.3, -0.25) is 9.58 Å². The average molecular weight is 446 g/mol. The summed E-state index contributed by atoms with van der Waals surface area (Å²) in [5.74, 6) is 0.610. The number of hydrogen-bond donors (Lipinski definition) is 0. The van der Waals surface area contributed by atoms with E-state index in [0.29, 0.717) is 18.5 Å². The second-order valence-electron chi connectivity index (χ2n) is 9.03. The molecule has 7 heteroatoms. The zero-order chi connectivity index (χ0) is 23.4. The molecule has 170 valence electrons. The summed E-state index contributed by atoms with van der Waals surface area (Å²) in [5.41, 5.74) is 7.54. The number of benzene rings is 2. The van der Waals surface area contributed by atoms with Crippen LogP contribution in [0.1, 0.15) is 29.4 Å². The molecular weight excluding hydrogens is 417 g/mol. The number of fused-ring (bicyclic) bond motifs is 2. The van der Waals surface area contributed by atoms with E-state index in [1.807, 2.05) is 38.0 Å². The highest BCUT2D eigenvalue weighted by Gasteiger charge is 2.29. The molecule has 0 amide bonds. The van der Waals surface area contributed by atoms with Crippen LogP contribution in [0.5, 0.6) is 0 Å². The first-order chi connectivity index (χ1) is 15.8. The van der Waals surface area contributed by atoms with Gasteiger partial charge in [0.1, 0.15) is 17.8 Å². The Morgan fingerprint density at radius 1 is 1.18 bits per heavy atom. The molecule has 0 radical (unpaired) electrons. The molecule has 4 aromatic rings. The molecule has 0 N–H and O–H groups in total. The van der Waals surface area contributed by atoms with E-state index in [1.54, 1.807) is 13.0 Å². The molecule has 0 bridgehead atoms. The summed E-state index contributed by atoms with van der Waals surface area (Å²) in [5, 5.41) is 5.81. The summed E-state index contributed by atoms with van der Waals surface area (Å²) in [7, 11) is 5.89. The van der Waals surface area contributed by atoms with Crippen molar-refractivity contribution in [3.05, 3.63) is 58.7 Å². The average Bonchev–Trinajstić information content (AvgIpc) is 3.30. The predicted molar refractivity (Wildman–Crippen MR) is 127 cm³/mol. The fourth-order valence-electron chi connectivity index (χ4n) is 4.91. The number of aryl methyl sites for hydroxylation is 3. The number of carbonyl (C=O) groups excluding carboxylic acids is 1. The molecule has 6 nitrogen and oxygen atoms in total. The van der Waals surface area contributed by atoms with Gasteiger partial charge in [-0.1, -0.05) is 19.1 Å². The molecule has 2 aromatic heterocycles. The second kappa shape index (κ2) is 7.92. The van der Waals surface area contributed by atoms with Crippen molar-refractivity contribution < 1.29 is 9.18 Å². The fraction of sp³-hybridized carbons (Fsp3) is 0.346. The lowest BCUT2D eigenvalue weighted by molar-refractivity contribution is -0.112. The molecular formula is C26H28FN5O. The van der Waals surface area contributed by atoms with Crippen LogP contribution in [0.15, 0.2) is 30.3 Å². The molecule has 0 aliphatic carbocycles. The van der Waals surface area contributed by atoms with Gasteiger partial charge in [0.25, 0.3) is 0 Å². The Labute approximate surface area is 192 Å². The molecule has 5 rings (SSSR count). The first-order valence-electron chi connectivity index (χ1n) is 11.3. The highest BCUT2D eigenvalue weighted by atomic mass is 19.1. The quantitative estimate of drug-likeness (QED) is 0.442. The van der Waals surface area contributed by atoms with Gasteiger partial charge in [-0.15, -0.1) is 0 Å². The molecule has 0 saturated carbocycles. The van der Waals surface area contributed by atoms with Crippen molar-refractivity contribution >= 4 is 17.2 Å². The molecule has 1 unspecified atom stereocenters. The van der Waals surface area contributed by atoms with Crippen molar-refractivity contribution in [3.63, 3.8) is 0 Å². The van der Waals surface area contributed by atoms with Crippen molar-refractivity contribution in [1.82, 2.24) is 24.2 Å². The maximum Gasteiger partial charge on any atom is 0.161 e. The van der Waals surface area contributed by atoms with E-state index in [4.69, 9.17) is 10.1 Å². The number of carbonyl (C=O) groups is 1. The summed E-state index contributed by atoms with van der Waals surface area (Å²) in [6, 6.07) is 9.60. The number of nitrogens with zero attached hydrogens (tertiary/aromatic N) is 5. The highest BCUT2D eigenvalue weighted by molar-refractivity contribution is 5.94. The van der Waals surface area contributed by atoms with Crippen LogP contribution in [0.4, 0.5) is 4.39 Å². The summed E-state index contributed by atoms with van der Waals surface area (Å²) in [6.07, 6.45) is 2.44. The SMILES string of the molecule is CCc1cc(C)c(F)cc1-c1ccc2c(-c3nc4c(n3C)CN(C)C(C=O)C4)nn(C)c2c1. The van der Waals surface area contributed by atoms with Crippen LogP contribution in [0.2, 0.25) is 0 Å². The van der Waals surface area contributed by atoms with Gasteiger partial charge in [0, 0.05) is 32.4 Å². The van der Waals surface area contributed by atoms with E-state index in [0.717, 1.165) is 63.2 Å². The molecule has 0 spiro atoms. The lowest BCUT2D eigenvalue weighted by Crippen LogP contribution is -2.39. The number of aromatic nitrogens is 4. The standard InChI is InChI=1S/C26H28FN5O/c1-6-16-9-15(2)21(27)12-20(16)17-7-8-19-23(10-17)32(5)29-25(19)26-28-22-11-18(14-33)30(3)13-24(22)31(26)4/h7-10,12,14,18H,6,11,13H2,1-5H3. The van der Waals surface area contributed by atoms with E-state index in [9.17, 15) is 9.18 Å². The van der Waals surface area contributed by atoms with Gasteiger partial charge < -0.3 is 9.36 Å². The fourth-order valence-corrected chi connectivity index (χ4v) is 4.91. The van der Waals surface area contributed by atoms with Crippen LogP contribution in [-0.4, -0.2) is 43.6 Å². The van der Waals surface area contributed by atoms with E-state index in [1.165, 1.54) is 0 Å². The number of hydrogen-bond acceptors (Lipinski definition) is 4. The molecule has 0 fully saturated rings. The minimum absolute atomic E-state index is 0.147. The van der Waals surface area contributed by atoms with Gasteiger partial charge in [0.2, 0.25) is 0 Å². The molecule has 3 heterocycles. The third-order valence-electron chi connectivity index (χ3n) is 6.96. The Kier molecular flexibility index (Phi) is 5.16. The highest BCUT2D eigenvalue weighted by Crippen LogP contribution is 2.34. The van der Waals surface area contributed by atoms with E-state index >= 15 is 0 Å². The van der Waals surface area contributed by atoms with Crippen LogP contribution in [0.25, 0.3) is 33.5 Å². The first-order valence-corrected chi connectivity index (χ1v) is 11.3. The van der Waals surface area contributed by atoms with E-state index < -0.39 is 0 Å². The third-order valence-corrected chi connectivity index (χ3v) is 6.96. The van der Waals surface area contributed by atoms with Crippen LogP contribution in [0.3, 0.4) is 0 Å². The topological polar surface area (TPSA) is 56.0 Å². The monoisotopic (exact) mass is 445 g/mol. The maximum absolute atomic E-state index is 14.4. The number of aldehydes is 1. The predicted octanol–water partition coefficient (Wildman–Crippen LogP) is 4.21. The minimum Gasteiger partial charge on any atom is -0.328 e. The lowest BCUT2D eigenvalue weighted by atomic mass is 9.95. The van der Waals surface area contributed by atoms with Gasteiger partial charge in [0.15, 0.2) is 5.82 Å². The van der Waals surface area contributed by atoms with Gasteiger partial charge in [0.05, 0.1) is 22.9 Å². The first kappa shape index (κ1) is 21.5. The largest absolute Gasteiger partial charge is 0.328 e. The Morgan fingerprint density at radius 3 is 2.70 bits per heavy atom. The van der Waals surface area contributed by atoms with Gasteiger partial charge >= 0.3 is 0 Å². The Morgan fingerprint density at radius 2 is 1.97 bits per heavy atom. The van der Waals surface area contributed by atoms with Crippen LogP contribution < -0.4 is 0 Å². The number of halogens is 1. The lowest BCUT2D eigenvalue weighted by Gasteiger charge is -2.28. The van der Waals surface area contributed by atoms with Crippen LogP contribution in [-0.2, 0) is 38.3 Å². The molecule has 2 aromatic carbocycles. The molecule has 33 heavy (non-hydrogen) atoms. The zero-order valence-corrected chi connectivity index (χ0v) is 19.7. The van der Waals surface area contributed by atoms with Crippen molar-refractivity contribution in [1.29, 1.82) is 0 Å². The second-order valence-corrected chi connectivity index (χ2v) is 9.03. The normalized spacial score (nSPS) is 16.4. The van der Waals surface area contributed by atoms with Crippen molar-refractivity contribution in [3.8, 4) is 22.6 Å². The zero-order valence-electron chi connectivity index (χ0n) is 19.7. The molecule has 1 aliphatic rings. The van der Waals surface area contributed by atoms with Gasteiger partial charge in [-0.05, 0) is 60.8 Å². The summed E-state index contributed by atoms with van der Waals surface area (Å²) in [4.78, 5) is 18.4. The molecule has 1 aliphatic heterocycles. The summed E-state index contributed by atoms with van der Waals surface area (Å²) < 4.78 is 18.3. The summed E-state index contributed by atoms with van der Waals surface area (Å²) >= 11 is 0. The smallest absolute Gasteiger partial charge is 0.161 e. The molecule has 0 saturated heterocycles. The van der Waals surface area contributed by atoms with E-state index in [-0.39, 0.29) is 11.9 Å². The van der Waals surface area contributed by atoms with Gasteiger partial charge in [-0.25, -0.2) is 9.37 Å². The Balaban J connectivity index is 1.63. The van der Waals surface area contributed by atoms with E-state index in [2.05, 4.69) is 28.5 Å². The number of imidazole rings is 1. The van der Waals surface area contributed by atoms with Crippen molar-refractivity contribution in [2.75, 3.05) is 7.05 Å². The Bertz CT molecular complexity index is 1400. The third kappa shape index (κ3) is 3.38. The number of likely N-dealkylation sites (N-methyl/N-ethyl adjacent to an activating group) is 1. The minimum atomic E-state index is -0.190. The van der Waals surface area contributed by atoms with Crippen molar-refractivity contribution in [2.45, 2.75) is 39.3 Å². The summed E-state index contributed by atoms with van der Waals surface area (Å²) in [6.45, 7) is 4.57. The van der Waals surface area contributed by atoms with Gasteiger partial charge in [-0.2, -0.15) is 5.10 Å². The number of rotatable bonds is 4. The molecule has 1 atom stereocenters. The van der Waals surface area contributed by atoms with Crippen LogP contribution >= 0.6 is 0 Å². The van der Waals surface area contributed by atoms with Crippen LogP contribution in [0, 0.1) is 12.7 Å². The maximum atomic E-state index is 14.4.